The number of halogens is 1. The summed E-state index contributed by atoms with van der Waals surface area (Å²) in [7, 11) is -3.73. The Bertz CT molecular complexity index is 758. The first-order valence-corrected chi connectivity index (χ1v) is 7.56. The summed E-state index contributed by atoms with van der Waals surface area (Å²) in [5, 5.41) is 7.60. The highest BCUT2D eigenvalue weighted by molar-refractivity contribution is 7.89. The third kappa shape index (κ3) is 4.11. The Labute approximate surface area is 121 Å². The van der Waals surface area contributed by atoms with Gasteiger partial charge in [-0.05, 0) is 35.9 Å². The number of hydrogen-bond donors (Lipinski definition) is 2. The topological polar surface area (TPSA) is 89.3 Å². The second kappa shape index (κ2) is 6.02. The SMILES string of the molecule is NS(=O)(=O)c1ccc(CNC(=O)c2cccc(F)c2)cc1. The molecule has 2 aromatic carbocycles. The van der Waals surface area contributed by atoms with Crippen LogP contribution in [0.5, 0.6) is 0 Å². The van der Waals surface area contributed by atoms with Crippen molar-refractivity contribution in [2.75, 3.05) is 0 Å². The predicted molar refractivity (Wildman–Crippen MR) is 75.4 cm³/mol. The molecule has 5 nitrogen and oxygen atoms in total. The van der Waals surface area contributed by atoms with Crippen molar-refractivity contribution in [1.29, 1.82) is 0 Å². The molecule has 0 saturated carbocycles. The van der Waals surface area contributed by atoms with Crippen LogP contribution in [0.25, 0.3) is 0 Å². The van der Waals surface area contributed by atoms with E-state index >= 15 is 0 Å². The Balaban J connectivity index is 2.02. The van der Waals surface area contributed by atoms with E-state index in [1.54, 1.807) is 12.1 Å². The molecule has 0 heterocycles. The molecular weight excluding hydrogens is 295 g/mol. The van der Waals surface area contributed by atoms with E-state index in [1.165, 1.54) is 30.3 Å². The standard InChI is InChI=1S/C14H13FN2O3S/c15-12-3-1-2-11(8-12)14(18)17-9-10-4-6-13(7-5-10)21(16,19)20/h1-8H,9H2,(H,17,18)(H2,16,19,20). The molecule has 0 aliphatic rings. The van der Waals surface area contributed by atoms with Gasteiger partial charge in [-0.15, -0.1) is 0 Å². The summed E-state index contributed by atoms with van der Waals surface area (Å²) < 4.78 is 35.2. The fraction of sp³-hybridized carbons (Fsp3) is 0.0714. The Kier molecular flexibility index (Phi) is 4.35. The molecule has 2 rings (SSSR count). The van der Waals surface area contributed by atoms with Gasteiger partial charge in [-0.2, -0.15) is 0 Å². The third-order valence-electron chi connectivity index (χ3n) is 2.79. The van der Waals surface area contributed by atoms with Gasteiger partial charge in [0.15, 0.2) is 0 Å². The molecule has 0 aliphatic heterocycles. The van der Waals surface area contributed by atoms with Crippen LogP contribution in [0, 0.1) is 5.82 Å². The largest absolute Gasteiger partial charge is 0.348 e. The van der Waals surface area contributed by atoms with Crippen molar-refractivity contribution in [3.63, 3.8) is 0 Å². The molecule has 0 saturated heterocycles. The van der Waals surface area contributed by atoms with Crippen LogP contribution in [-0.4, -0.2) is 14.3 Å². The minimum Gasteiger partial charge on any atom is -0.348 e. The zero-order valence-electron chi connectivity index (χ0n) is 10.9. The van der Waals surface area contributed by atoms with Gasteiger partial charge < -0.3 is 5.32 Å². The van der Waals surface area contributed by atoms with Crippen molar-refractivity contribution in [2.24, 2.45) is 5.14 Å². The number of nitrogens with one attached hydrogen (secondary N) is 1. The van der Waals surface area contributed by atoms with Crippen molar-refractivity contribution >= 4 is 15.9 Å². The lowest BCUT2D eigenvalue weighted by Crippen LogP contribution is -2.22. The second-order valence-electron chi connectivity index (χ2n) is 4.38. The monoisotopic (exact) mass is 308 g/mol. The molecule has 0 atom stereocenters. The van der Waals surface area contributed by atoms with Crippen LogP contribution in [0.4, 0.5) is 4.39 Å². The molecule has 0 bridgehead atoms. The van der Waals surface area contributed by atoms with Crippen molar-refractivity contribution < 1.29 is 17.6 Å². The molecule has 3 N–H and O–H groups in total. The molecule has 0 radical (unpaired) electrons. The third-order valence-corrected chi connectivity index (χ3v) is 3.72. The highest BCUT2D eigenvalue weighted by Crippen LogP contribution is 2.09. The molecule has 0 unspecified atom stereocenters. The first-order valence-electron chi connectivity index (χ1n) is 6.02. The van der Waals surface area contributed by atoms with E-state index in [4.69, 9.17) is 5.14 Å². The van der Waals surface area contributed by atoms with Gasteiger partial charge in [0.1, 0.15) is 5.82 Å². The number of rotatable bonds is 4. The summed E-state index contributed by atoms with van der Waals surface area (Å²) in [6.45, 7) is 0.195. The number of benzene rings is 2. The molecule has 7 heteroatoms. The first kappa shape index (κ1) is 15.1. The molecule has 0 spiro atoms. The lowest BCUT2D eigenvalue weighted by atomic mass is 10.2. The molecule has 0 aliphatic carbocycles. The van der Waals surface area contributed by atoms with Crippen LogP contribution in [0.15, 0.2) is 53.4 Å². The van der Waals surface area contributed by atoms with E-state index in [1.807, 2.05) is 0 Å². The molecule has 0 aromatic heterocycles. The molecule has 21 heavy (non-hydrogen) atoms. The summed E-state index contributed by atoms with van der Waals surface area (Å²) in [4.78, 5) is 11.8. The van der Waals surface area contributed by atoms with Crippen LogP contribution >= 0.6 is 0 Å². The van der Waals surface area contributed by atoms with Crippen LogP contribution in [-0.2, 0) is 16.6 Å². The van der Waals surface area contributed by atoms with Crippen LogP contribution in [0.2, 0.25) is 0 Å². The molecule has 1 amide bonds. The molecule has 110 valence electrons. The van der Waals surface area contributed by atoms with Crippen molar-refractivity contribution in [1.82, 2.24) is 5.32 Å². The second-order valence-corrected chi connectivity index (χ2v) is 5.94. The summed E-state index contributed by atoms with van der Waals surface area (Å²) in [6.07, 6.45) is 0. The minimum atomic E-state index is -3.73. The number of sulfonamides is 1. The quantitative estimate of drug-likeness (QED) is 0.894. The summed E-state index contributed by atoms with van der Waals surface area (Å²) >= 11 is 0. The normalized spacial score (nSPS) is 11.1. The number of nitrogens with two attached hydrogens (primary N) is 1. The van der Waals surface area contributed by atoms with Crippen LogP contribution < -0.4 is 10.5 Å². The maximum absolute atomic E-state index is 13.0. The van der Waals surface area contributed by atoms with Gasteiger partial charge in [0.2, 0.25) is 10.0 Å². The van der Waals surface area contributed by atoms with Crippen molar-refractivity contribution in [3.05, 3.63) is 65.5 Å². The van der Waals surface area contributed by atoms with E-state index in [-0.39, 0.29) is 17.0 Å². The summed E-state index contributed by atoms with van der Waals surface area (Å²) in [5.74, 6) is -0.898. The first-order chi connectivity index (χ1) is 9.86. The van der Waals surface area contributed by atoms with Gasteiger partial charge in [0.25, 0.3) is 5.91 Å². The number of amides is 1. The molecule has 0 fully saturated rings. The Morgan fingerprint density at radius 1 is 1.14 bits per heavy atom. The van der Waals surface area contributed by atoms with Gasteiger partial charge >= 0.3 is 0 Å². The van der Waals surface area contributed by atoms with Gasteiger partial charge in [-0.1, -0.05) is 18.2 Å². The highest BCUT2D eigenvalue weighted by Gasteiger charge is 2.08. The number of carbonyl (C=O) groups excluding carboxylic acids is 1. The zero-order valence-corrected chi connectivity index (χ0v) is 11.7. The van der Waals surface area contributed by atoms with E-state index in [0.29, 0.717) is 5.56 Å². The fourth-order valence-electron chi connectivity index (χ4n) is 1.71. The lowest BCUT2D eigenvalue weighted by Gasteiger charge is -2.06. The van der Waals surface area contributed by atoms with E-state index in [9.17, 15) is 17.6 Å². The van der Waals surface area contributed by atoms with Gasteiger partial charge in [-0.3, -0.25) is 4.79 Å². The summed E-state index contributed by atoms with van der Waals surface area (Å²) in [6, 6.07) is 11.2. The average molecular weight is 308 g/mol. The Morgan fingerprint density at radius 3 is 2.38 bits per heavy atom. The minimum absolute atomic E-state index is 0.00251. The number of hydrogen-bond acceptors (Lipinski definition) is 3. The fourth-order valence-corrected chi connectivity index (χ4v) is 2.23. The zero-order chi connectivity index (χ0) is 15.5. The van der Waals surface area contributed by atoms with Crippen LogP contribution in [0.1, 0.15) is 15.9 Å². The maximum atomic E-state index is 13.0. The predicted octanol–water partition coefficient (Wildman–Crippen LogP) is 1.40. The number of primary sulfonamides is 1. The highest BCUT2D eigenvalue weighted by atomic mass is 32.2. The van der Waals surface area contributed by atoms with Gasteiger partial charge in [-0.25, -0.2) is 17.9 Å². The van der Waals surface area contributed by atoms with Crippen molar-refractivity contribution in [2.45, 2.75) is 11.4 Å². The van der Waals surface area contributed by atoms with E-state index in [0.717, 1.165) is 6.07 Å². The van der Waals surface area contributed by atoms with Crippen molar-refractivity contribution in [3.8, 4) is 0 Å². The van der Waals surface area contributed by atoms with E-state index in [2.05, 4.69) is 5.32 Å². The lowest BCUT2D eigenvalue weighted by molar-refractivity contribution is 0.0950. The molecule has 2 aromatic rings. The van der Waals surface area contributed by atoms with Crippen LogP contribution in [0.3, 0.4) is 0 Å². The Morgan fingerprint density at radius 2 is 1.81 bits per heavy atom. The smallest absolute Gasteiger partial charge is 0.251 e. The summed E-state index contributed by atoms with van der Waals surface area (Å²) in [5.41, 5.74) is 0.920. The maximum Gasteiger partial charge on any atom is 0.251 e. The van der Waals surface area contributed by atoms with E-state index < -0.39 is 21.7 Å². The molecular formula is C14H13FN2O3S. The van der Waals surface area contributed by atoms with Gasteiger partial charge in [0, 0.05) is 12.1 Å². The average Bonchev–Trinajstić information content (AvgIpc) is 2.44. The number of carbonyl (C=O) groups is 1. The Hall–Kier alpha value is -2.25. The van der Waals surface area contributed by atoms with Gasteiger partial charge in [0.05, 0.1) is 4.90 Å².